The lowest BCUT2D eigenvalue weighted by molar-refractivity contribution is 0.0793. The Bertz CT molecular complexity index is 844. The van der Waals surface area contributed by atoms with Crippen LogP contribution in [0.15, 0.2) is 54.6 Å². The van der Waals surface area contributed by atoms with Crippen molar-refractivity contribution in [1.29, 1.82) is 0 Å². The molecule has 2 aromatic carbocycles. The highest BCUT2D eigenvalue weighted by atomic mass is 16.2. The number of nitrogens with zero attached hydrogens (tertiary/aromatic N) is 2. The summed E-state index contributed by atoms with van der Waals surface area (Å²) < 4.78 is 0. The Balaban J connectivity index is 1.35. The molecule has 0 radical (unpaired) electrons. The zero-order valence-corrected chi connectivity index (χ0v) is 17.3. The first-order chi connectivity index (χ1) is 14.2. The van der Waals surface area contributed by atoms with Crippen LogP contribution in [-0.2, 0) is 0 Å². The summed E-state index contributed by atoms with van der Waals surface area (Å²) in [7, 11) is 2.30. The Morgan fingerprint density at radius 3 is 2.41 bits per heavy atom. The molecule has 29 heavy (non-hydrogen) atoms. The number of likely N-dealkylation sites (N-methyl/N-ethyl adjacent to an activating group) is 1. The first-order valence-electron chi connectivity index (χ1n) is 11.1. The van der Waals surface area contributed by atoms with E-state index in [1.807, 2.05) is 17.0 Å². The van der Waals surface area contributed by atoms with Gasteiger partial charge in [-0.3, -0.25) is 9.69 Å². The second kappa shape index (κ2) is 7.83. The van der Waals surface area contributed by atoms with Crippen molar-refractivity contribution in [2.24, 2.45) is 0 Å². The fraction of sp³-hybridized carbons (Fsp3) is 0.480. The van der Waals surface area contributed by atoms with Gasteiger partial charge in [0.2, 0.25) is 0 Å². The van der Waals surface area contributed by atoms with Gasteiger partial charge in [-0.2, -0.15) is 0 Å². The molecule has 3 fully saturated rings. The third kappa shape index (κ3) is 3.55. The van der Waals surface area contributed by atoms with Crippen molar-refractivity contribution in [2.75, 3.05) is 25.5 Å². The highest BCUT2D eigenvalue weighted by Gasteiger charge is 2.46. The molecule has 3 saturated heterocycles. The molecule has 2 aromatic rings. The minimum absolute atomic E-state index is 0.175. The second-order valence-electron chi connectivity index (χ2n) is 8.96. The molecule has 1 amide bonds. The molecule has 0 aliphatic carbocycles. The third-order valence-electron chi connectivity index (χ3n) is 7.33. The van der Waals surface area contributed by atoms with Crippen LogP contribution in [-0.4, -0.2) is 54.0 Å². The molecule has 152 valence electrons. The van der Waals surface area contributed by atoms with E-state index in [1.54, 1.807) is 0 Å². The topological polar surface area (TPSA) is 35.6 Å². The smallest absolute Gasteiger partial charge is 0.253 e. The molecule has 3 aliphatic rings. The molecular weight excluding hydrogens is 358 g/mol. The molecule has 4 atom stereocenters. The number of amides is 1. The monoisotopic (exact) mass is 389 g/mol. The van der Waals surface area contributed by atoms with Crippen LogP contribution in [0.5, 0.6) is 0 Å². The molecule has 2 bridgehead atoms. The van der Waals surface area contributed by atoms with E-state index < -0.39 is 0 Å². The average Bonchev–Trinajstić information content (AvgIpc) is 3.36. The maximum atomic E-state index is 12.6. The van der Waals surface area contributed by atoms with Crippen LogP contribution in [0, 0.1) is 0 Å². The van der Waals surface area contributed by atoms with E-state index in [4.69, 9.17) is 0 Å². The summed E-state index contributed by atoms with van der Waals surface area (Å²) in [6.07, 6.45) is 6.00. The lowest BCUT2D eigenvalue weighted by atomic mass is 9.80. The number of hydrogen-bond donors (Lipinski definition) is 1. The van der Waals surface area contributed by atoms with Gasteiger partial charge in [-0.1, -0.05) is 30.3 Å². The van der Waals surface area contributed by atoms with Gasteiger partial charge in [0, 0.05) is 48.4 Å². The molecule has 0 spiro atoms. The normalized spacial score (nSPS) is 29.2. The summed E-state index contributed by atoms with van der Waals surface area (Å²) in [5.41, 5.74) is 3.36. The summed E-state index contributed by atoms with van der Waals surface area (Å²) in [5.74, 6) is 0.666. The Morgan fingerprint density at radius 2 is 1.69 bits per heavy atom. The molecule has 3 aliphatic heterocycles. The Hall–Kier alpha value is -2.33. The standard InChI is InChI=1S/C25H31N3O/c1-27-21-13-14-23(27)24(18-7-3-2-4-8-18)22(17-21)26-20-11-9-19(10-12-20)25(29)28-15-5-6-16-28/h2-4,7-12,21-24,26H,5-6,13-17H2,1H3. The van der Waals surface area contributed by atoms with Crippen LogP contribution in [0.4, 0.5) is 5.69 Å². The lowest BCUT2D eigenvalue weighted by Gasteiger charge is -2.44. The molecule has 0 aromatic heterocycles. The number of piperidine rings is 1. The second-order valence-corrected chi connectivity index (χ2v) is 8.96. The summed E-state index contributed by atoms with van der Waals surface area (Å²) in [4.78, 5) is 17.2. The highest BCUT2D eigenvalue weighted by Crippen LogP contribution is 2.44. The largest absolute Gasteiger partial charge is 0.382 e. The van der Waals surface area contributed by atoms with Gasteiger partial charge in [0.15, 0.2) is 0 Å². The number of hydrogen-bond acceptors (Lipinski definition) is 3. The van der Waals surface area contributed by atoms with Crippen molar-refractivity contribution in [3.63, 3.8) is 0 Å². The van der Waals surface area contributed by atoms with E-state index in [0.717, 1.165) is 37.2 Å². The van der Waals surface area contributed by atoms with E-state index in [-0.39, 0.29) is 5.91 Å². The van der Waals surface area contributed by atoms with Crippen LogP contribution >= 0.6 is 0 Å². The predicted octanol–water partition coefficient (Wildman–Crippen LogP) is 4.35. The average molecular weight is 390 g/mol. The first-order valence-corrected chi connectivity index (χ1v) is 11.1. The first kappa shape index (κ1) is 18.7. The minimum atomic E-state index is 0.175. The van der Waals surface area contributed by atoms with E-state index >= 15 is 0 Å². The van der Waals surface area contributed by atoms with Gasteiger partial charge in [0.05, 0.1) is 0 Å². The molecule has 1 N–H and O–H groups in total. The number of fused-ring (bicyclic) bond motifs is 2. The third-order valence-corrected chi connectivity index (χ3v) is 7.33. The van der Waals surface area contributed by atoms with Crippen molar-refractivity contribution >= 4 is 11.6 Å². The van der Waals surface area contributed by atoms with E-state index in [2.05, 4.69) is 59.7 Å². The van der Waals surface area contributed by atoms with E-state index in [0.29, 0.717) is 24.0 Å². The summed E-state index contributed by atoms with van der Waals surface area (Å²) in [6, 6.07) is 20.8. The SMILES string of the molecule is CN1C2CCC1C(c1ccccc1)C(Nc1ccc(C(=O)N3CCCC3)cc1)C2. The number of likely N-dealkylation sites (tertiary alicyclic amines) is 1. The van der Waals surface area contributed by atoms with Crippen LogP contribution in [0.25, 0.3) is 0 Å². The van der Waals surface area contributed by atoms with Crippen molar-refractivity contribution < 1.29 is 4.79 Å². The Morgan fingerprint density at radius 1 is 0.966 bits per heavy atom. The fourth-order valence-corrected chi connectivity index (χ4v) is 5.77. The molecule has 3 heterocycles. The lowest BCUT2D eigenvalue weighted by Crippen LogP contribution is -2.50. The van der Waals surface area contributed by atoms with Gasteiger partial charge < -0.3 is 10.2 Å². The van der Waals surface area contributed by atoms with Crippen LogP contribution in [0.2, 0.25) is 0 Å². The quantitative estimate of drug-likeness (QED) is 0.844. The molecule has 5 rings (SSSR count). The molecule has 4 heteroatoms. The summed E-state index contributed by atoms with van der Waals surface area (Å²) in [5, 5.41) is 3.83. The van der Waals surface area contributed by atoms with E-state index in [1.165, 1.54) is 24.8 Å². The Kier molecular flexibility index (Phi) is 5.04. The van der Waals surface area contributed by atoms with Gasteiger partial charge >= 0.3 is 0 Å². The molecular formula is C25H31N3O. The Labute approximate surface area is 173 Å². The summed E-state index contributed by atoms with van der Waals surface area (Å²) >= 11 is 0. The van der Waals surface area contributed by atoms with Gasteiger partial charge in [0.1, 0.15) is 0 Å². The number of carbonyl (C=O) groups is 1. The van der Waals surface area contributed by atoms with Crippen LogP contribution in [0.3, 0.4) is 0 Å². The summed E-state index contributed by atoms with van der Waals surface area (Å²) in [6.45, 7) is 1.80. The van der Waals surface area contributed by atoms with Crippen LogP contribution in [0.1, 0.15) is 53.9 Å². The van der Waals surface area contributed by atoms with Gasteiger partial charge in [-0.25, -0.2) is 0 Å². The zero-order chi connectivity index (χ0) is 19.8. The number of anilines is 1. The number of rotatable bonds is 4. The van der Waals surface area contributed by atoms with Gasteiger partial charge in [-0.05, 0) is 69.0 Å². The highest BCUT2D eigenvalue weighted by molar-refractivity contribution is 5.94. The minimum Gasteiger partial charge on any atom is -0.382 e. The van der Waals surface area contributed by atoms with Crippen molar-refractivity contribution in [3.05, 3.63) is 65.7 Å². The molecule has 4 nitrogen and oxygen atoms in total. The van der Waals surface area contributed by atoms with Gasteiger partial charge in [0.25, 0.3) is 5.91 Å². The zero-order valence-electron chi connectivity index (χ0n) is 17.3. The maximum Gasteiger partial charge on any atom is 0.253 e. The van der Waals surface area contributed by atoms with Gasteiger partial charge in [-0.15, -0.1) is 0 Å². The van der Waals surface area contributed by atoms with E-state index in [9.17, 15) is 4.79 Å². The number of benzene rings is 2. The van der Waals surface area contributed by atoms with Crippen molar-refractivity contribution in [1.82, 2.24) is 9.80 Å². The maximum absolute atomic E-state index is 12.6. The number of nitrogens with one attached hydrogen (secondary N) is 1. The molecule has 4 unspecified atom stereocenters. The van der Waals surface area contributed by atoms with Crippen molar-refractivity contribution in [3.8, 4) is 0 Å². The molecule has 0 saturated carbocycles. The number of carbonyl (C=O) groups excluding carboxylic acids is 1. The van der Waals surface area contributed by atoms with Crippen LogP contribution < -0.4 is 5.32 Å². The fourth-order valence-electron chi connectivity index (χ4n) is 5.77. The predicted molar refractivity (Wildman–Crippen MR) is 117 cm³/mol. The van der Waals surface area contributed by atoms with Crippen molar-refractivity contribution in [2.45, 2.75) is 56.1 Å².